The van der Waals surface area contributed by atoms with Gasteiger partial charge >= 0.3 is 0 Å². The number of nitriles is 1. The lowest BCUT2D eigenvalue weighted by Gasteiger charge is -2.28. The van der Waals surface area contributed by atoms with E-state index in [9.17, 15) is 14.9 Å². The van der Waals surface area contributed by atoms with Gasteiger partial charge in [0.05, 0.1) is 18.6 Å². The van der Waals surface area contributed by atoms with Gasteiger partial charge in [-0.3, -0.25) is 9.59 Å². The first-order valence-corrected chi connectivity index (χ1v) is 8.09. The normalized spacial score (nSPS) is 29.7. The number of hydrogen-bond acceptors (Lipinski definition) is 4. The maximum atomic E-state index is 12.8. The van der Waals surface area contributed by atoms with Crippen LogP contribution < -0.4 is 0 Å². The molecule has 3 fully saturated rings. The third-order valence-electron chi connectivity index (χ3n) is 5.46. The number of carbonyl (C=O) groups is 2. The maximum absolute atomic E-state index is 12.8. The smallest absolute Gasteiger partial charge is 0.243 e. The second-order valence-corrected chi connectivity index (χ2v) is 6.75. The van der Waals surface area contributed by atoms with Crippen molar-refractivity contribution in [3.05, 3.63) is 0 Å². The number of rotatable bonds is 4. The minimum Gasteiger partial charge on any atom is -0.383 e. The lowest BCUT2D eigenvalue weighted by atomic mass is 9.86. The molecule has 0 N–H and O–H groups in total. The van der Waals surface area contributed by atoms with E-state index < -0.39 is 5.41 Å². The summed E-state index contributed by atoms with van der Waals surface area (Å²) in [7, 11) is 1.63. The van der Waals surface area contributed by atoms with Gasteiger partial charge in [0.1, 0.15) is 5.41 Å². The third-order valence-corrected chi connectivity index (χ3v) is 5.46. The average molecular weight is 305 g/mol. The minimum atomic E-state index is -0.822. The molecule has 120 valence electrons. The first-order chi connectivity index (χ1) is 10.6. The fourth-order valence-corrected chi connectivity index (χ4v) is 4.17. The molecule has 6 nitrogen and oxygen atoms in total. The summed E-state index contributed by atoms with van der Waals surface area (Å²) < 4.78 is 5.03. The molecule has 6 heteroatoms. The molecule has 0 unspecified atom stereocenters. The highest BCUT2D eigenvalue weighted by Crippen LogP contribution is 2.41. The zero-order chi connectivity index (χ0) is 15.7. The summed E-state index contributed by atoms with van der Waals surface area (Å²) in [5.41, 5.74) is -0.822. The molecule has 3 rings (SSSR count). The zero-order valence-corrected chi connectivity index (χ0v) is 13.1. The van der Waals surface area contributed by atoms with Gasteiger partial charge in [-0.1, -0.05) is 12.8 Å². The van der Waals surface area contributed by atoms with Gasteiger partial charge in [-0.25, -0.2) is 0 Å². The Morgan fingerprint density at radius 1 is 1.36 bits per heavy atom. The van der Waals surface area contributed by atoms with Gasteiger partial charge in [0, 0.05) is 39.2 Å². The van der Waals surface area contributed by atoms with Crippen molar-refractivity contribution in [3.8, 4) is 6.07 Å². The molecule has 0 bridgehead atoms. The van der Waals surface area contributed by atoms with Crippen LogP contribution in [0.3, 0.4) is 0 Å². The van der Waals surface area contributed by atoms with Gasteiger partial charge in [0.25, 0.3) is 0 Å². The first kappa shape index (κ1) is 15.3. The monoisotopic (exact) mass is 305 g/mol. The van der Waals surface area contributed by atoms with E-state index in [0.717, 1.165) is 12.8 Å². The number of amides is 2. The van der Waals surface area contributed by atoms with E-state index in [0.29, 0.717) is 45.6 Å². The summed E-state index contributed by atoms with van der Waals surface area (Å²) >= 11 is 0. The SMILES string of the molecule is COCCN1C[C@@H]2CN(C(=O)C3(C#N)CCCC3)C[C@@H]2C1=O. The van der Waals surface area contributed by atoms with Crippen LogP contribution in [0.1, 0.15) is 25.7 Å². The number of hydrogen-bond donors (Lipinski definition) is 0. The average Bonchev–Trinajstić information content (AvgIpc) is 3.22. The highest BCUT2D eigenvalue weighted by Gasteiger charge is 2.51. The summed E-state index contributed by atoms with van der Waals surface area (Å²) in [5.74, 6) is 0.219. The Morgan fingerprint density at radius 2 is 2.09 bits per heavy atom. The summed E-state index contributed by atoms with van der Waals surface area (Å²) in [6.45, 7) is 2.97. The largest absolute Gasteiger partial charge is 0.383 e. The van der Waals surface area contributed by atoms with Crippen LogP contribution in [0.15, 0.2) is 0 Å². The molecule has 1 saturated carbocycles. The van der Waals surface area contributed by atoms with E-state index in [1.807, 2.05) is 4.90 Å². The summed E-state index contributed by atoms with van der Waals surface area (Å²) in [5, 5.41) is 9.45. The zero-order valence-electron chi connectivity index (χ0n) is 13.1. The van der Waals surface area contributed by atoms with Crippen molar-refractivity contribution in [2.45, 2.75) is 25.7 Å². The van der Waals surface area contributed by atoms with Crippen LogP contribution in [0.4, 0.5) is 0 Å². The minimum absolute atomic E-state index is 0.0434. The molecule has 0 aromatic rings. The van der Waals surface area contributed by atoms with E-state index in [-0.39, 0.29) is 23.7 Å². The Balaban J connectivity index is 1.64. The van der Waals surface area contributed by atoms with Gasteiger partial charge in [-0.05, 0) is 12.8 Å². The molecule has 0 spiro atoms. The summed E-state index contributed by atoms with van der Waals surface area (Å²) in [6, 6.07) is 2.26. The van der Waals surface area contributed by atoms with Crippen molar-refractivity contribution in [3.63, 3.8) is 0 Å². The molecule has 2 aliphatic heterocycles. The van der Waals surface area contributed by atoms with Gasteiger partial charge in [-0.15, -0.1) is 0 Å². The van der Waals surface area contributed by atoms with Gasteiger partial charge in [-0.2, -0.15) is 5.26 Å². The van der Waals surface area contributed by atoms with E-state index in [4.69, 9.17) is 4.74 Å². The molecule has 2 atom stereocenters. The second kappa shape index (κ2) is 5.88. The molecule has 2 heterocycles. The molecule has 0 radical (unpaired) electrons. The summed E-state index contributed by atoms with van der Waals surface area (Å²) in [6.07, 6.45) is 3.23. The van der Waals surface area contributed by atoms with Gasteiger partial charge < -0.3 is 14.5 Å². The molecular formula is C16H23N3O3. The Labute approximate surface area is 131 Å². The molecule has 2 amide bonds. The lowest BCUT2D eigenvalue weighted by Crippen LogP contribution is -2.43. The highest BCUT2D eigenvalue weighted by atomic mass is 16.5. The molecule has 3 aliphatic rings. The van der Waals surface area contributed by atoms with Crippen molar-refractivity contribution in [1.29, 1.82) is 5.26 Å². The second-order valence-electron chi connectivity index (χ2n) is 6.75. The van der Waals surface area contributed by atoms with E-state index in [1.54, 1.807) is 12.0 Å². The van der Waals surface area contributed by atoms with Crippen LogP contribution in [0, 0.1) is 28.6 Å². The van der Waals surface area contributed by atoms with Gasteiger partial charge in [0.2, 0.25) is 11.8 Å². The first-order valence-electron chi connectivity index (χ1n) is 8.09. The van der Waals surface area contributed by atoms with Crippen LogP contribution in [0.25, 0.3) is 0 Å². The van der Waals surface area contributed by atoms with Crippen LogP contribution in [0.5, 0.6) is 0 Å². The van der Waals surface area contributed by atoms with E-state index >= 15 is 0 Å². The Bertz CT molecular complexity index is 507. The van der Waals surface area contributed by atoms with Crippen molar-refractivity contribution >= 4 is 11.8 Å². The fourth-order valence-electron chi connectivity index (χ4n) is 4.17. The Hall–Kier alpha value is -1.61. The van der Waals surface area contributed by atoms with Crippen molar-refractivity contribution in [2.75, 3.05) is 39.9 Å². The standard InChI is InChI=1S/C16H23N3O3/c1-22-7-6-18-8-12-9-19(10-13(12)14(18)20)15(21)16(11-17)4-2-3-5-16/h12-13H,2-10H2,1H3/t12-,13+/m1/s1. The molecule has 0 aromatic heterocycles. The van der Waals surface area contributed by atoms with Crippen LogP contribution in [-0.4, -0.2) is 61.5 Å². The maximum Gasteiger partial charge on any atom is 0.243 e. The van der Waals surface area contributed by atoms with Crippen LogP contribution >= 0.6 is 0 Å². The summed E-state index contributed by atoms with van der Waals surface area (Å²) in [4.78, 5) is 28.8. The van der Waals surface area contributed by atoms with Crippen molar-refractivity contribution < 1.29 is 14.3 Å². The predicted molar refractivity (Wildman–Crippen MR) is 78.5 cm³/mol. The van der Waals surface area contributed by atoms with Gasteiger partial charge in [0.15, 0.2) is 0 Å². The third kappa shape index (κ3) is 2.38. The number of ether oxygens (including phenoxy) is 1. The Morgan fingerprint density at radius 3 is 2.68 bits per heavy atom. The molecule has 0 aromatic carbocycles. The number of methoxy groups -OCH3 is 1. The lowest BCUT2D eigenvalue weighted by molar-refractivity contribution is -0.139. The molecule has 2 saturated heterocycles. The number of carbonyl (C=O) groups excluding carboxylic acids is 2. The number of likely N-dealkylation sites (tertiary alicyclic amines) is 2. The molecule has 1 aliphatic carbocycles. The van der Waals surface area contributed by atoms with Crippen molar-refractivity contribution in [2.24, 2.45) is 17.3 Å². The number of nitrogens with zero attached hydrogens (tertiary/aromatic N) is 3. The fraction of sp³-hybridized carbons (Fsp3) is 0.812. The van der Waals surface area contributed by atoms with Crippen LogP contribution in [-0.2, 0) is 14.3 Å². The van der Waals surface area contributed by atoms with Crippen molar-refractivity contribution in [1.82, 2.24) is 9.80 Å². The molecule has 22 heavy (non-hydrogen) atoms. The highest BCUT2D eigenvalue weighted by molar-refractivity contribution is 5.88. The predicted octanol–water partition coefficient (Wildman–Crippen LogP) is 0.634. The quantitative estimate of drug-likeness (QED) is 0.764. The number of fused-ring (bicyclic) bond motifs is 1. The molecular weight excluding hydrogens is 282 g/mol. The van der Waals surface area contributed by atoms with E-state index in [2.05, 4.69) is 6.07 Å². The van der Waals surface area contributed by atoms with Crippen LogP contribution in [0.2, 0.25) is 0 Å². The topological polar surface area (TPSA) is 73.6 Å². The Kier molecular flexibility index (Phi) is 4.09. The van der Waals surface area contributed by atoms with E-state index in [1.165, 1.54) is 0 Å².